The van der Waals surface area contributed by atoms with Crippen LogP contribution >= 0.6 is 11.3 Å². The van der Waals surface area contributed by atoms with Crippen molar-refractivity contribution in [2.24, 2.45) is 0 Å². The van der Waals surface area contributed by atoms with Gasteiger partial charge in [-0.05, 0) is 55.3 Å². The fraction of sp³-hybridized carbons (Fsp3) is 0.200. The molecule has 1 saturated heterocycles. The van der Waals surface area contributed by atoms with Gasteiger partial charge < -0.3 is 4.90 Å². The molecule has 6 nitrogen and oxygen atoms in total. The van der Waals surface area contributed by atoms with Crippen LogP contribution in [0.4, 0.5) is 5.69 Å². The molecule has 1 aliphatic rings. The maximum atomic E-state index is 13.5. The molecule has 5 rings (SSSR count). The van der Waals surface area contributed by atoms with Gasteiger partial charge in [-0.3, -0.25) is 9.10 Å². The molecular formula is C25H23N3O3S2. The molecule has 3 aromatic carbocycles. The van der Waals surface area contributed by atoms with Crippen LogP contribution in [-0.4, -0.2) is 37.8 Å². The van der Waals surface area contributed by atoms with E-state index in [1.165, 1.54) is 23.5 Å². The first-order chi connectivity index (χ1) is 15.9. The van der Waals surface area contributed by atoms with Crippen molar-refractivity contribution in [3.05, 3.63) is 89.4 Å². The minimum atomic E-state index is -3.80. The van der Waals surface area contributed by atoms with E-state index in [1.54, 1.807) is 47.7 Å². The van der Waals surface area contributed by atoms with Gasteiger partial charge in [-0.15, -0.1) is 11.3 Å². The molecule has 0 saturated carbocycles. The maximum Gasteiger partial charge on any atom is 0.264 e. The third-order valence-corrected chi connectivity index (χ3v) is 8.89. The third kappa shape index (κ3) is 4.00. The molecule has 168 valence electrons. The van der Waals surface area contributed by atoms with Gasteiger partial charge >= 0.3 is 0 Å². The number of fused-ring (bicyclic) bond motifs is 1. The van der Waals surface area contributed by atoms with E-state index in [-0.39, 0.29) is 16.8 Å². The van der Waals surface area contributed by atoms with Crippen molar-refractivity contribution in [3.63, 3.8) is 0 Å². The number of thiazole rings is 1. The summed E-state index contributed by atoms with van der Waals surface area (Å²) < 4.78 is 28.7. The first-order valence-corrected chi connectivity index (χ1v) is 13.0. The number of rotatable bonds is 5. The van der Waals surface area contributed by atoms with Gasteiger partial charge in [0.15, 0.2) is 0 Å². The van der Waals surface area contributed by atoms with Crippen LogP contribution in [0.5, 0.6) is 0 Å². The van der Waals surface area contributed by atoms with Crippen LogP contribution in [0.15, 0.2) is 83.8 Å². The number of sulfonamides is 1. The minimum Gasteiger partial charge on any atom is -0.329 e. The predicted molar refractivity (Wildman–Crippen MR) is 131 cm³/mol. The Morgan fingerprint density at radius 1 is 1.03 bits per heavy atom. The summed E-state index contributed by atoms with van der Waals surface area (Å²) in [5, 5.41) is 0.926. The van der Waals surface area contributed by atoms with Crippen molar-refractivity contribution in [2.75, 3.05) is 17.9 Å². The van der Waals surface area contributed by atoms with Gasteiger partial charge in [0, 0.05) is 19.2 Å². The average Bonchev–Trinajstić information content (AvgIpc) is 3.50. The Kier molecular flexibility index (Phi) is 5.64. The molecule has 1 amide bonds. The second-order valence-electron chi connectivity index (χ2n) is 8.01. The molecule has 0 aliphatic carbocycles. The number of anilines is 1. The highest BCUT2D eigenvalue weighted by Gasteiger charge is 2.33. The number of hydrogen-bond acceptors (Lipinski definition) is 5. The van der Waals surface area contributed by atoms with E-state index in [1.807, 2.05) is 35.2 Å². The lowest BCUT2D eigenvalue weighted by atomic mass is 10.1. The fourth-order valence-corrected chi connectivity index (χ4v) is 6.55. The van der Waals surface area contributed by atoms with Gasteiger partial charge in [-0.25, -0.2) is 13.4 Å². The predicted octanol–water partition coefficient (Wildman–Crippen LogP) is 5.10. The molecule has 0 radical (unpaired) electrons. The second-order valence-corrected chi connectivity index (χ2v) is 11.0. The van der Waals surface area contributed by atoms with Crippen LogP contribution in [0.3, 0.4) is 0 Å². The smallest absolute Gasteiger partial charge is 0.264 e. The second kappa shape index (κ2) is 8.61. The third-order valence-electron chi connectivity index (χ3n) is 5.97. The first kappa shape index (κ1) is 21.6. The number of carbonyl (C=O) groups excluding carboxylic acids is 1. The highest BCUT2D eigenvalue weighted by Crippen LogP contribution is 2.37. The van der Waals surface area contributed by atoms with Gasteiger partial charge in [-0.1, -0.05) is 36.4 Å². The first-order valence-electron chi connectivity index (χ1n) is 10.8. The van der Waals surface area contributed by atoms with Gasteiger partial charge in [0.2, 0.25) is 0 Å². The average molecular weight is 478 g/mol. The van der Waals surface area contributed by atoms with Crippen molar-refractivity contribution in [2.45, 2.75) is 23.8 Å². The molecule has 4 aromatic rings. The zero-order valence-electron chi connectivity index (χ0n) is 18.1. The van der Waals surface area contributed by atoms with Crippen LogP contribution in [0, 0.1) is 0 Å². The van der Waals surface area contributed by atoms with Crippen LogP contribution in [0.25, 0.3) is 10.2 Å². The Morgan fingerprint density at radius 3 is 2.58 bits per heavy atom. The normalized spacial score (nSPS) is 16.3. The van der Waals surface area contributed by atoms with Crippen molar-refractivity contribution < 1.29 is 13.2 Å². The van der Waals surface area contributed by atoms with E-state index < -0.39 is 10.0 Å². The number of carbonyl (C=O) groups is 1. The zero-order chi connectivity index (χ0) is 23.0. The van der Waals surface area contributed by atoms with Gasteiger partial charge in [0.25, 0.3) is 15.9 Å². The highest BCUT2D eigenvalue weighted by molar-refractivity contribution is 7.92. The van der Waals surface area contributed by atoms with E-state index in [9.17, 15) is 13.2 Å². The summed E-state index contributed by atoms with van der Waals surface area (Å²) in [6, 6.07) is 23.1. The summed E-state index contributed by atoms with van der Waals surface area (Å²) in [4.78, 5) is 20.1. The van der Waals surface area contributed by atoms with Gasteiger partial charge in [-0.2, -0.15) is 0 Å². The van der Waals surface area contributed by atoms with Crippen molar-refractivity contribution in [3.8, 4) is 0 Å². The Morgan fingerprint density at radius 2 is 1.79 bits per heavy atom. The SMILES string of the molecule is CN(c1ccccc1)S(=O)(=O)c1cccc(C(=O)N2CCC[C@@H]2c2nc3ccccc3s2)c1. The number of likely N-dealkylation sites (tertiary alicyclic amines) is 1. The van der Waals surface area contributed by atoms with E-state index in [0.717, 1.165) is 28.1 Å². The summed E-state index contributed by atoms with van der Waals surface area (Å²) in [6.45, 7) is 0.625. The highest BCUT2D eigenvalue weighted by atomic mass is 32.2. The molecule has 8 heteroatoms. The van der Waals surface area contributed by atoms with Crippen LogP contribution in [-0.2, 0) is 10.0 Å². The Bertz CT molecular complexity index is 1380. The standard InChI is InChI=1S/C25H23N3O3S2/c1-27(19-10-3-2-4-11-19)33(30,31)20-12-7-9-18(17-20)25(29)28-16-8-14-22(28)24-26-21-13-5-6-15-23(21)32-24/h2-7,9-13,15,17,22H,8,14,16H2,1H3/t22-/m1/s1. The lowest BCUT2D eigenvalue weighted by Gasteiger charge is -2.24. The largest absolute Gasteiger partial charge is 0.329 e. The molecule has 1 atom stereocenters. The van der Waals surface area contributed by atoms with Crippen molar-refractivity contribution in [1.82, 2.24) is 9.88 Å². The lowest BCUT2D eigenvalue weighted by molar-refractivity contribution is 0.0735. The fourth-order valence-electron chi connectivity index (χ4n) is 4.19. The van der Waals surface area contributed by atoms with E-state index in [4.69, 9.17) is 4.98 Å². The summed E-state index contributed by atoms with van der Waals surface area (Å²) >= 11 is 1.61. The van der Waals surface area contributed by atoms with Crippen LogP contribution in [0.1, 0.15) is 34.2 Å². The number of amides is 1. The van der Waals surface area contributed by atoms with E-state index in [2.05, 4.69) is 0 Å². The van der Waals surface area contributed by atoms with Gasteiger partial charge in [0.05, 0.1) is 26.8 Å². The number of benzene rings is 3. The lowest BCUT2D eigenvalue weighted by Crippen LogP contribution is -2.31. The zero-order valence-corrected chi connectivity index (χ0v) is 19.7. The topological polar surface area (TPSA) is 70.6 Å². The molecule has 2 heterocycles. The Balaban J connectivity index is 1.44. The molecule has 1 aliphatic heterocycles. The quantitative estimate of drug-likeness (QED) is 0.401. The van der Waals surface area contributed by atoms with E-state index in [0.29, 0.717) is 17.8 Å². The number of aromatic nitrogens is 1. The summed E-state index contributed by atoms with van der Waals surface area (Å²) in [5.74, 6) is -0.170. The molecule has 0 spiro atoms. The number of hydrogen-bond donors (Lipinski definition) is 0. The Labute approximate surface area is 197 Å². The van der Waals surface area contributed by atoms with Gasteiger partial charge in [0.1, 0.15) is 5.01 Å². The summed E-state index contributed by atoms with van der Waals surface area (Å²) in [6.07, 6.45) is 1.74. The van der Waals surface area contributed by atoms with Crippen molar-refractivity contribution >= 4 is 43.2 Å². The molecular weight excluding hydrogens is 454 g/mol. The molecule has 0 bridgehead atoms. The Hall–Kier alpha value is -3.23. The summed E-state index contributed by atoms with van der Waals surface area (Å²) in [7, 11) is -2.29. The number of nitrogens with zero attached hydrogens (tertiary/aromatic N) is 3. The van der Waals surface area contributed by atoms with E-state index >= 15 is 0 Å². The van der Waals surface area contributed by atoms with Crippen molar-refractivity contribution in [1.29, 1.82) is 0 Å². The molecule has 33 heavy (non-hydrogen) atoms. The summed E-state index contributed by atoms with van der Waals surface area (Å²) in [5.41, 5.74) is 1.86. The number of para-hydroxylation sites is 2. The van der Waals surface area contributed by atoms with Crippen LogP contribution in [0.2, 0.25) is 0 Å². The monoisotopic (exact) mass is 477 g/mol. The molecule has 1 fully saturated rings. The molecule has 0 unspecified atom stereocenters. The minimum absolute atomic E-state index is 0.0930. The molecule has 0 N–H and O–H groups in total. The van der Waals surface area contributed by atoms with Crippen LogP contribution < -0.4 is 4.31 Å². The molecule has 1 aromatic heterocycles. The maximum absolute atomic E-state index is 13.5.